The van der Waals surface area contributed by atoms with Crippen LogP contribution in [0.4, 0.5) is 5.69 Å². The SMILES string of the molecule is Cc1ccc(NC(=O)CSCC(=O)NCC2(C)CCNCC2)cc1.Cl. The van der Waals surface area contributed by atoms with Crippen LogP contribution in [-0.4, -0.2) is 43.0 Å². The first-order valence-corrected chi connectivity index (χ1v) is 9.54. The first kappa shape index (κ1) is 21.8. The normalized spacial score (nSPS) is 15.8. The highest BCUT2D eigenvalue weighted by molar-refractivity contribution is 8.00. The number of hydrogen-bond donors (Lipinski definition) is 3. The number of halogens is 1. The first-order valence-electron chi connectivity index (χ1n) is 8.39. The van der Waals surface area contributed by atoms with Gasteiger partial charge in [-0.15, -0.1) is 24.2 Å². The standard InChI is InChI=1S/C18H27N3O2S.ClH/c1-14-3-5-15(6-4-14)21-17(23)12-24-11-16(22)20-13-18(2)7-9-19-10-8-18;/h3-6,19H,7-13H2,1-2H3,(H,20,22)(H,21,23);1H. The Morgan fingerprint density at radius 1 is 1.12 bits per heavy atom. The lowest BCUT2D eigenvalue weighted by atomic mass is 9.81. The van der Waals surface area contributed by atoms with Gasteiger partial charge in [-0.25, -0.2) is 0 Å². The van der Waals surface area contributed by atoms with Crippen LogP contribution in [-0.2, 0) is 9.59 Å². The van der Waals surface area contributed by atoms with E-state index in [0.29, 0.717) is 12.3 Å². The number of hydrogen-bond acceptors (Lipinski definition) is 4. The molecule has 140 valence electrons. The number of carbonyl (C=O) groups excluding carboxylic acids is 2. The van der Waals surface area contributed by atoms with Gasteiger partial charge in [0.2, 0.25) is 11.8 Å². The van der Waals surface area contributed by atoms with Crippen LogP contribution in [0.1, 0.15) is 25.3 Å². The number of amides is 2. The average molecular weight is 386 g/mol. The zero-order valence-corrected chi connectivity index (χ0v) is 16.5. The molecule has 7 heteroatoms. The fourth-order valence-corrected chi connectivity index (χ4v) is 3.29. The molecule has 5 nitrogen and oxygen atoms in total. The molecule has 1 aromatic rings. The number of piperidine rings is 1. The van der Waals surface area contributed by atoms with Gasteiger partial charge in [0.25, 0.3) is 0 Å². The van der Waals surface area contributed by atoms with Crippen molar-refractivity contribution in [2.75, 3.05) is 36.5 Å². The molecule has 0 bridgehead atoms. The average Bonchev–Trinajstić information content (AvgIpc) is 2.56. The van der Waals surface area contributed by atoms with Gasteiger partial charge in [0.1, 0.15) is 0 Å². The van der Waals surface area contributed by atoms with Crippen LogP contribution in [0.5, 0.6) is 0 Å². The summed E-state index contributed by atoms with van der Waals surface area (Å²) in [5.74, 6) is 0.517. The van der Waals surface area contributed by atoms with Gasteiger partial charge in [0, 0.05) is 12.2 Å². The van der Waals surface area contributed by atoms with Gasteiger partial charge < -0.3 is 16.0 Å². The molecular formula is C18H28ClN3O2S. The smallest absolute Gasteiger partial charge is 0.234 e. The van der Waals surface area contributed by atoms with Gasteiger partial charge in [-0.05, 0) is 50.4 Å². The Morgan fingerprint density at radius 2 is 1.72 bits per heavy atom. The van der Waals surface area contributed by atoms with Crippen LogP contribution in [0.25, 0.3) is 0 Å². The Bertz CT molecular complexity index is 560. The van der Waals surface area contributed by atoms with Crippen molar-refractivity contribution >= 4 is 41.7 Å². The van der Waals surface area contributed by atoms with Crippen LogP contribution < -0.4 is 16.0 Å². The molecule has 0 unspecified atom stereocenters. The number of aryl methyl sites for hydroxylation is 1. The molecule has 0 spiro atoms. The van der Waals surface area contributed by atoms with Gasteiger partial charge in [0.05, 0.1) is 11.5 Å². The van der Waals surface area contributed by atoms with E-state index in [1.807, 2.05) is 31.2 Å². The summed E-state index contributed by atoms with van der Waals surface area (Å²) in [6, 6.07) is 7.67. The minimum Gasteiger partial charge on any atom is -0.355 e. The van der Waals surface area contributed by atoms with E-state index in [0.717, 1.165) is 37.2 Å². The number of benzene rings is 1. The van der Waals surface area contributed by atoms with Crippen molar-refractivity contribution in [2.45, 2.75) is 26.7 Å². The minimum atomic E-state index is -0.0815. The molecule has 2 amide bonds. The predicted octanol–water partition coefficient (Wildman–Crippen LogP) is 2.59. The molecule has 0 aliphatic carbocycles. The van der Waals surface area contributed by atoms with E-state index in [4.69, 9.17) is 0 Å². The number of rotatable bonds is 7. The summed E-state index contributed by atoms with van der Waals surface area (Å²) in [5.41, 5.74) is 2.13. The second kappa shape index (κ2) is 10.7. The Hall–Kier alpha value is -1.24. The highest BCUT2D eigenvalue weighted by Gasteiger charge is 2.26. The molecule has 25 heavy (non-hydrogen) atoms. The Balaban J connectivity index is 0.00000312. The molecule has 1 heterocycles. The van der Waals surface area contributed by atoms with E-state index in [2.05, 4.69) is 22.9 Å². The quantitative estimate of drug-likeness (QED) is 0.674. The van der Waals surface area contributed by atoms with Crippen LogP contribution in [0.15, 0.2) is 24.3 Å². The number of carbonyl (C=O) groups is 2. The lowest BCUT2D eigenvalue weighted by molar-refractivity contribution is -0.119. The van der Waals surface area contributed by atoms with Gasteiger partial charge in [-0.3, -0.25) is 9.59 Å². The maximum atomic E-state index is 11.9. The second-order valence-corrected chi connectivity index (χ2v) is 7.73. The van der Waals surface area contributed by atoms with Crippen molar-refractivity contribution in [2.24, 2.45) is 5.41 Å². The van der Waals surface area contributed by atoms with Crippen LogP contribution in [0.3, 0.4) is 0 Å². The van der Waals surface area contributed by atoms with Crippen molar-refractivity contribution in [3.05, 3.63) is 29.8 Å². The molecule has 1 aliphatic rings. The number of anilines is 1. The molecule has 0 atom stereocenters. The zero-order valence-electron chi connectivity index (χ0n) is 14.9. The zero-order chi connectivity index (χ0) is 17.4. The number of thioether (sulfide) groups is 1. The topological polar surface area (TPSA) is 70.2 Å². The fourth-order valence-electron chi connectivity index (χ4n) is 2.64. The van der Waals surface area contributed by atoms with E-state index in [1.54, 1.807) is 0 Å². The molecule has 0 aromatic heterocycles. The van der Waals surface area contributed by atoms with Crippen molar-refractivity contribution in [3.63, 3.8) is 0 Å². The summed E-state index contributed by atoms with van der Waals surface area (Å²) in [6.07, 6.45) is 2.17. The van der Waals surface area contributed by atoms with Crippen molar-refractivity contribution in [1.82, 2.24) is 10.6 Å². The molecule has 0 radical (unpaired) electrons. The lowest BCUT2D eigenvalue weighted by Gasteiger charge is -2.34. The monoisotopic (exact) mass is 385 g/mol. The molecule has 1 aromatic carbocycles. The van der Waals surface area contributed by atoms with E-state index < -0.39 is 0 Å². The Kier molecular flexibility index (Phi) is 9.32. The van der Waals surface area contributed by atoms with Crippen molar-refractivity contribution in [3.8, 4) is 0 Å². The summed E-state index contributed by atoms with van der Waals surface area (Å²) in [7, 11) is 0. The Morgan fingerprint density at radius 3 is 2.36 bits per heavy atom. The molecule has 2 rings (SSSR count). The second-order valence-electron chi connectivity index (χ2n) is 6.74. The maximum Gasteiger partial charge on any atom is 0.234 e. The van der Waals surface area contributed by atoms with Gasteiger partial charge in [0.15, 0.2) is 0 Å². The summed E-state index contributed by atoms with van der Waals surface area (Å²) in [4.78, 5) is 23.8. The van der Waals surface area contributed by atoms with E-state index in [1.165, 1.54) is 11.8 Å². The largest absolute Gasteiger partial charge is 0.355 e. The molecule has 1 fully saturated rings. The van der Waals surface area contributed by atoms with Crippen molar-refractivity contribution in [1.29, 1.82) is 0 Å². The first-order chi connectivity index (χ1) is 11.5. The molecule has 3 N–H and O–H groups in total. The minimum absolute atomic E-state index is 0. The molecular weight excluding hydrogens is 358 g/mol. The van der Waals surface area contributed by atoms with Gasteiger partial charge in [-0.2, -0.15) is 0 Å². The lowest BCUT2D eigenvalue weighted by Crippen LogP contribution is -2.43. The van der Waals surface area contributed by atoms with Gasteiger partial charge >= 0.3 is 0 Å². The highest BCUT2D eigenvalue weighted by atomic mass is 35.5. The van der Waals surface area contributed by atoms with Crippen LogP contribution in [0, 0.1) is 12.3 Å². The third-order valence-electron chi connectivity index (χ3n) is 4.32. The third-order valence-corrected chi connectivity index (χ3v) is 5.26. The third kappa shape index (κ3) is 8.12. The summed E-state index contributed by atoms with van der Waals surface area (Å²) >= 11 is 1.34. The Labute approximate surface area is 160 Å². The predicted molar refractivity (Wildman–Crippen MR) is 108 cm³/mol. The number of nitrogens with one attached hydrogen (secondary N) is 3. The van der Waals surface area contributed by atoms with Crippen LogP contribution >= 0.6 is 24.2 Å². The van der Waals surface area contributed by atoms with E-state index in [9.17, 15) is 9.59 Å². The molecule has 1 saturated heterocycles. The van der Waals surface area contributed by atoms with Crippen molar-refractivity contribution < 1.29 is 9.59 Å². The summed E-state index contributed by atoms with van der Waals surface area (Å²) < 4.78 is 0. The molecule has 0 saturated carbocycles. The summed E-state index contributed by atoms with van der Waals surface area (Å²) in [6.45, 7) is 6.96. The highest BCUT2D eigenvalue weighted by Crippen LogP contribution is 2.26. The molecule has 1 aliphatic heterocycles. The summed E-state index contributed by atoms with van der Waals surface area (Å²) in [5, 5.41) is 9.17. The van der Waals surface area contributed by atoms with Gasteiger partial charge in [-0.1, -0.05) is 24.6 Å². The fraction of sp³-hybridized carbons (Fsp3) is 0.556. The van der Waals surface area contributed by atoms with E-state index in [-0.39, 0.29) is 35.4 Å². The van der Waals surface area contributed by atoms with Crippen LogP contribution in [0.2, 0.25) is 0 Å². The maximum absolute atomic E-state index is 11.9. The van der Waals surface area contributed by atoms with E-state index >= 15 is 0 Å².